The second-order valence-corrected chi connectivity index (χ2v) is 7.17. The van der Waals surface area contributed by atoms with Crippen LogP contribution in [0.2, 0.25) is 0 Å². The number of nitrogens with two attached hydrogens (primary N) is 1. The number of aryl methyl sites for hydroxylation is 1. The van der Waals surface area contributed by atoms with Crippen molar-refractivity contribution in [3.63, 3.8) is 0 Å². The first-order chi connectivity index (χ1) is 9.35. The molecule has 4 N–H and O–H groups in total. The highest BCUT2D eigenvalue weighted by atomic mass is 32.1. The fourth-order valence-electron chi connectivity index (χ4n) is 1.74. The standard InChI is InChI=1S/C14H23N5S/c1-6-9-7-10-11(16-8(2)14(3,4)5)17-13(19-15)18-12(10)20-9/h7-8H,6,15H2,1-5H3,(H2,16,17,18,19). The van der Waals surface area contributed by atoms with Crippen LogP contribution in [0.5, 0.6) is 0 Å². The molecule has 20 heavy (non-hydrogen) atoms. The molecule has 0 saturated heterocycles. The number of hydrogen-bond donors (Lipinski definition) is 3. The molecule has 0 bridgehead atoms. The van der Waals surface area contributed by atoms with Gasteiger partial charge in [-0.05, 0) is 24.8 Å². The largest absolute Gasteiger partial charge is 0.366 e. The molecular formula is C14H23N5S. The Balaban J connectivity index is 2.47. The summed E-state index contributed by atoms with van der Waals surface area (Å²) in [7, 11) is 0. The lowest BCUT2D eigenvalue weighted by Crippen LogP contribution is -2.31. The Morgan fingerprint density at radius 2 is 2.05 bits per heavy atom. The van der Waals surface area contributed by atoms with Crippen LogP contribution in [0.3, 0.4) is 0 Å². The van der Waals surface area contributed by atoms with Crippen molar-refractivity contribution >= 4 is 33.3 Å². The van der Waals surface area contributed by atoms with Crippen molar-refractivity contribution in [2.24, 2.45) is 11.3 Å². The predicted molar refractivity (Wildman–Crippen MR) is 87.1 cm³/mol. The molecule has 1 unspecified atom stereocenters. The maximum absolute atomic E-state index is 5.47. The van der Waals surface area contributed by atoms with Gasteiger partial charge in [0.05, 0.1) is 5.39 Å². The number of thiophene rings is 1. The summed E-state index contributed by atoms with van der Waals surface area (Å²) in [6.45, 7) is 10.9. The van der Waals surface area contributed by atoms with E-state index < -0.39 is 0 Å². The number of nitrogens with zero attached hydrogens (tertiary/aromatic N) is 2. The Bertz CT molecular complexity index is 599. The molecule has 0 aliphatic carbocycles. The summed E-state index contributed by atoms with van der Waals surface area (Å²) in [4.78, 5) is 11.2. The second-order valence-electron chi connectivity index (χ2n) is 6.06. The predicted octanol–water partition coefficient (Wildman–Crippen LogP) is 3.39. The highest BCUT2D eigenvalue weighted by molar-refractivity contribution is 7.18. The van der Waals surface area contributed by atoms with Crippen molar-refractivity contribution in [3.8, 4) is 0 Å². The highest BCUT2D eigenvalue weighted by Crippen LogP contribution is 2.32. The fraction of sp³-hybridized carbons (Fsp3) is 0.571. The van der Waals surface area contributed by atoms with Crippen molar-refractivity contribution < 1.29 is 0 Å². The van der Waals surface area contributed by atoms with E-state index in [1.54, 1.807) is 11.3 Å². The van der Waals surface area contributed by atoms with Crippen LogP contribution in [-0.2, 0) is 6.42 Å². The average molecular weight is 293 g/mol. The van der Waals surface area contributed by atoms with E-state index in [0.29, 0.717) is 5.95 Å². The minimum atomic E-state index is 0.150. The summed E-state index contributed by atoms with van der Waals surface area (Å²) >= 11 is 1.69. The van der Waals surface area contributed by atoms with E-state index in [2.05, 4.69) is 61.4 Å². The molecule has 0 fully saturated rings. The van der Waals surface area contributed by atoms with Gasteiger partial charge < -0.3 is 5.32 Å². The quantitative estimate of drug-likeness (QED) is 0.595. The number of fused-ring (bicyclic) bond motifs is 1. The van der Waals surface area contributed by atoms with Gasteiger partial charge >= 0.3 is 0 Å². The van der Waals surface area contributed by atoms with Crippen molar-refractivity contribution in [1.29, 1.82) is 0 Å². The molecule has 0 aromatic carbocycles. The van der Waals surface area contributed by atoms with Crippen LogP contribution >= 0.6 is 11.3 Å². The van der Waals surface area contributed by atoms with Crippen LogP contribution in [0.15, 0.2) is 6.07 Å². The molecular weight excluding hydrogens is 270 g/mol. The van der Waals surface area contributed by atoms with Gasteiger partial charge in [-0.1, -0.05) is 27.7 Å². The van der Waals surface area contributed by atoms with E-state index in [0.717, 1.165) is 22.5 Å². The minimum Gasteiger partial charge on any atom is -0.366 e. The Kier molecular flexibility index (Phi) is 4.15. The zero-order valence-corrected chi connectivity index (χ0v) is 13.6. The normalized spacial score (nSPS) is 13.5. The number of rotatable bonds is 4. The summed E-state index contributed by atoms with van der Waals surface area (Å²) in [5, 5.41) is 4.57. The van der Waals surface area contributed by atoms with Crippen molar-refractivity contribution in [1.82, 2.24) is 9.97 Å². The molecule has 2 heterocycles. The van der Waals surface area contributed by atoms with Gasteiger partial charge in [0.2, 0.25) is 5.95 Å². The van der Waals surface area contributed by atoms with Gasteiger partial charge in [0, 0.05) is 10.9 Å². The molecule has 0 saturated carbocycles. The molecule has 6 heteroatoms. The summed E-state index contributed by atoms with van der Waals surface area (Å²) < 4.78 is 0. The van der Waals surface area contributed by atoms with E-state index in [9.17, 15) is 0 Å². The topological polar surface area (TPSA) is 75.9 Å². The molecule has 2 aromatic heterocycles. The van der Waals surface area contributed by atoms with Crippen LogP contribution in [0, 0.1) is 5.41 Å². The fourth-order valence-corrected chi connectivity index (χ4v) is 2.71. The van der Waals surface area contributed by atoms with Gasteiger partial charge in [-0.25, -0.2) is 10.8 Å². The summed E-state index contributed by atoms with van der Waals surface area (Å²) in [5.74, 6) is 6.77. The summed E-state index contributed by atoms with van der Waals surface area (Å²) in [5.41, 5.74) is 2.69. The monoisotopic (exact) mass is 293 g/mol. The number of anilines is 2. The highest BCUT2D eigenvalue weighted by Gasteiger charge is 2.22. The zero-order chi connectivity index (χ0) is 14.9. The average Bonchev–Trinajstić information content (AvgIpc) is 2.80. The molecule has 110 valence electrons. The van der Waals surface area contributed by atoms with Crippen molar-refractivity contribution in [2.75, 3.05) is 10.7 Å². The van der Waals surface area contributed by atoms with E-state index in [1.807, 2.05) is 0 Å². The SMILES string of the molecule is CCc1cc2c(NC(C)C(C)(C)C)nc(NN)nc2s1. The number of nitrogen functional groups attached to an aromatic ring is 1. The minimum absolute atomic E-state index is 0.150. The lowest BCUT2D eigenvalue weighted by molar-refractivity contribution is 0.359. The number of hydrazine groups is 1. The van der Waals surface area contributed by atoms with Gasteiger partial charge in [-0.2, -0.15) is 4.98 Å². The van der Waals surface area contributed by atoms with Gasteiger partial charge in [0.15, 0.2) is 0 Å². The molecule has 0 aliphatic rings. The van der Waals surface area contributed by atoms with Crippen LogP contribution < -0.4 is 16.6 Å². The number of nitrogens with one attached hydrogen (secondary N) is 2. The third kappa shape index (κ3) is 3.02. The van der Waals surface area contributed by atoms with Crippen LogP contribution in [-0.4, -0.2) is 16.0 Å². The van der Waals surface area contributed by atoms with E-state index >= 15 is 0 Å². The Morgan fingerprint density at radius 1 is 1.35 bits per heavy atom. The van der Waals surface area contributed by atoms with E-state index in [4.69, 9.17) is 5.84 Å². The Morgan fingerprint density at radius 3 is 2.60 bits per heavy atom. The van der Waals surface area contributed by atoms with Gasteiger partial charge in [-0.3, -0.25) is 5.43 Å². The Labute approximate surface area is 124 Å². The van der Waals surface area contributed by atoms with Crippen molar-refractivity contribution in [2.45, 2.75) is 47.1 Å². The lowest BCUT2D eigenvalue weighted by atomic mass is 9.88. The third-order valence-electron chi connectivity index (χ3n) is 3.57. The van der Waals surface area contributed by atoms with Gasteiger partial charge in [0.1, 0.15) is 10.6 Å². The first-order valence-electron chi connectivity index (χ1n) is 6.88. The van der Waals surface area contributed by atoms with Crippen LogP contribution in [0.1, 0.15) is 39.5 Å². The van der Waals surface area contributed by atoms with Crippen molar-refractivity contribution in [3.05, 3.63) is 10.9 Å². The molecule has 0 radical (unpaired) electrons. The maximum atomic E-state index is 5.47. The molecule has 2 rings (SSSR count). The second kappa shape index (κ2) is 5.54. The molecule has 5 nitrogen and oxygen atoms in total. The van der Waals surface area contributed by atoms with Gasteiger partial charge in [0.25, 0.3) is 0 Å². The van der Waals surface area contributed by atoms with Crippen LogP contribution in [0.4, 0.5) is 11.8 Å². The lowest BCUT2D eigenvalue weighted by Gasteiger charge is -2.28. The molecule has 1 atom stereocenters. The number of hydrogen-bond acceptors (Lipinski definition) is 6. The van der Waals surface area contributed by atoms with Crippen LogP contribution in [0.25, 0.3) is 10.2 Å². The smallest absolute Gasteiger partial charge is 0.240 e. The maximum Gasteiger partial charge on any atom is 0.240 e. The first kappa shape index (κ1) is 15.0. The van der Waals surface area contributed by atoms with Gasteiger partial charge in [-0.15, -0.1) is 11.3 Å². The molecule has 0 amide bonds. The third-order valence-corrected chi connectivity index (χ3v) is 4.75. The van der Waals surface area contributed by atoms with E-state index in [-0.39, 0.29) is 11.5 Å². The Hall–Kier alpha value is -1.40. The zero-order valence-electron chi connectivity index (χ0n) is 12.7. The first-order valence-corrected chi connectivity index (χ1v) is 7.70. The molecule has 0 aliphatic heterocycles. The number of aromatic nitrogens is 2. The molecule has 0 spiro atoms. The van der Waals surface area contributed by atoms with E-state index in [1.165, 1.54) is 4.88 Å². The summed E-state index contributed by atoms with van der Waals surface area (Å²) in [6, 6.07) is 2.45. The molecule has 2 aromatic rings. The summed E-state index contributed by atoms with van der Waals surface area (Å²) in [6.07, 6.45) is 1.00.